The molecule has 1 aromatic rings. The van der Waals surface area contributed by atoms with E-state index in [0.717, 1.165) is 30.7 Å². The lowest BCUT2D eigenvalue weighted by molar-refractivity contribution is 0.500. The van der Waals surface area contributed by atoms with Gasteiger partial charge in [0, 0.05) is 6.42 Å². The van der Waals surface area contributed by atoms with Crippen LogP contribution in [-0.4, -0.2) is 4.98 Å². The molecule has 0 spiro atoms. The molecule has 0 amide bonds. The summed E-state index contributed by atoms with van der Waals surface area (Å²) in [5.41, 5.74) is 1.12. The molecule has 1 aromatic heterocycles. The van der Waals surface area contributed by atoms with Crippen molar-refractivity contribution < 1.29 is 4.42 Å². The van der Waals surface area contributed by atoms with Crippen LogP contribution in [0.15, 0.2) is 10.8 Å². The number of hydrogen-bond donors (Lipinski definition) is 0. The Morgan fingerprint density at radius 1 is 1.67 bits per heavy atom. The summed E-state index contributed by atoms with van der Waals surface area (Å²) in [6.07, 6.45) is 7.58. The fourth-order valence-corrected chi connectivity index (χ4v) is 1.05. The molecular formula is C7H7NO. The second-order valence-electron chi connectivity index (χ2n) is 2.15. The molecule has 0 aromatic carbocycles. The minimum atomic E-state index is 0.843. The summed E-state index contributed by atoms with van der Waals surface area (Å²) in [5.74, 6) is 1.00. The van der Waals surface area contributed by atoms with Gasteiger partial charge in [0.1, 0.15) is 5.76 Å². The molecule has 0 bridgehead atoms. The topological polar surface area (TPSA) is 26.0 Å². The van der Waals surface area contributed by atoms with Gasteiger partial charge in [-0.15, -0.1) is 0 Å². The molecule has 1 aliphatic carbocycles. The monoisotopic (exact) mass is 121 g/mol. The Bertz CT molecular complexity index is 184. The smallest absolute Gasteiger partial charge is 0.181 e. The number of nitrogens with zero attached hydrogens (tertiary/aromatic N) is 1. The lowest BCUT2D eigenvalue weighted by atomic mass is 10.0. The predicted octanol–water partition coefficient (Wildman–Crippen LogP) is 1.24. The number of rotatable bonds is 0. The molecule has 1 aliphatic rings. The second kappa shape index (κ2) is 1.87. The summed E-state index contributed by atoms with van der Waals surface area (Å²) in [4.78, 5) is 4.05. The van der Waals surface area contributed by atoms with Crippen LogP contribution in [-0.2, 0) is 12.8 Å². The average Bonchev–Trinajstić information content (AvgIpc) is 2.33. The van der Waals surface area contributed by atoms with Crippen LogP contribution in [0.5, 0.6) is 0 Å². The molecule has 46 valence electrons. The Kier molecular flexibility index (Phi) is 1.04. The molecular weight excluding hydrogens is 114 g/mol. The van der Waals surface area contributed by atoms with Gasteiger partial charge in [-0.1, -0.05) is 0 Å². The fourth-order valence-electron chi connectivity index (χ4n) is 1.05. The van der Waals surface area contributed by atoms with Crippen molar-refractivity contribution in [2.24, 2.45) is 0 Å². The van der Waals surface area contributed by atoms with E-state index in [1.54, 1.807) is 0 Å². The second-order valence-corrected chi connectivity index (χ2v) is 2.15. The summed E-state index contributed by atoms with van der Waals surface area (Å²) in [7, 11) is 0. The Hall–Kier alpha value is -0.790. The Morgan fingerprint density at radius 3 is 3.56 bits per heavy atom. The van der Waals surface area contributed by atoms with Crippen molar-refractivity contribution in [2.45, 2.75) is 19.3 Å². The van der Waals surface area contributed by atoms with Gasteiger partial charge in [0.2, 0.25) is 0 Å². The van der Waals surface area contributed by atoms with Gasteiger partial charge in [-0.3, -0.25) is 0 Å². The maximum absolute atomic E-state index is 5.08. The average molecular weight is 121 g/mol. The number of fused-ring (bicyclic) bond motifs is 1. The molecule has 2 rings (SSSR count). The fraction of sp³-hybridized carbons (Fsp3) is 0.429. The molecule has 2 nitrogen and oxygen atoms in total. The van der Waals surface area contributed by atoms with Crippen LogP contribution < -0.4 is 0 Å². The molecule has 0 N–H and O–H groups in total. The molecule has 9 heavy (non-hydrogen) atoms. The van der Waals surface area contributed by atoms with Crippen LogP contribution >= 0.6 is 0 Å². The van der Waals surface area contributed by atoms with E-state index in [0.29, 0.717) is 0 Å². The first-order chi connectivity index (χ1) is 4.47. The molecule has 1 heterocycles. The van der Waals surface area contributed by atoms with Gasteiger partial charge in [-0.2, -0.15) is 0 Å². The van der Waals surface area contributed by atoms with Crippen LogP contribution in [0.3, 0.4) is 0 Å². The van der Waals surface area contributed by atoms with E-state index >= 15 is 0 Å². The third kappa shape index (κ3) is 0.745. The van der Waals surface area contributed by atoms with E-state index in [-0.39, 0.29) is 0 Å². The van der Waals surface area contributed by atoms with Gasteiger partial charge in [0.15, 0.2) is 6.39 Å². The van der Waals surface area contributed by atoms with E-state index in [9.17, 15) is 0 Å². The largest absolute Gasteiger partial charge is 0.448 e. The van der Waals surface area contributed by atoms with Crippen molar-refractivity contribution >= 4 is 0 Å². The summed E-state index contributed by atoms with van der Waals surface area (Å²) < 4.78 is 5.08. The van der Waals surface area contributed by atoms with Crippen LogP contribution in [0.2, 0.25) is 0 Å². The first-order valence-electron chi connectivity index (χ1n) is 3.09. The Labute approximate surface area is 53.9 Å². The standard InChI is InChI=1S/C7H7NO/c1-2-4-7-6(3-1)8-5-9-7/h5H,1,3-4H2. The number of aryl methyl sites for hydroxylation is 1. The van der Waals surface area contributed by atoms with Crippen LogP contribution in [0.25, 0.3) is 0 Å². The first kappa shape index (κ1) is 5.03. The van der Waals surface area contributed by atoms with E-state index in [1.807, 2.05) is 0 Å². The highest BCUT2D eigenvalue weighted by molar-refractivity contribution is 5.13. The quantitative estimate of drug-likeness (QED) is 0.516. The van der Waals surface area contributed by atoms with Gasteiger partial charge in [-0.25, -0.2) is 4.98 Å². The van der Waals surface area contributed by atoms with Crippen molar-refractivity contribution in [3.05, 3.63) is 24.3 Å². The highest BCUT2D eigenvalue weighted by atomic mass is 16.3. The zero-order chi connectivity index (χ0) is 6.10. The molecule has 2 heteroatoms. The van der Waals surface area contributed by atoms with Gasteiger partial charge in [0.25, 0.3) is 0 Å². The van der Waals surface area contributed by atoms with Crippen LogP contribution in [0.1, 0.15) is 17.9 Å². The minimum Gasteiger partial charge on any atom is -0.448 e. The van der Waals surface area contributed by atoms with Crippen molar-refractivity contribution in [3.8, 4) is 0 Å². The highest BCUT2D eigenvalue weighted by Crippen LogP contribution is 2.17. The Morgan fingerprint density at radius 2 is 2.67 bits per heavy atom. The maximum Gasteiger partial charge on any atom is 0.181 e. The molecule has 0 saturated heterocycles. The van der Waals surface area contributed by atoms with E-state index in [2.05, 4.69) is 11.4 Å². The Balaban J connectivity index is 2.39. The summed E-state index contributed by atoms with van der Waals surface area (Å²) in [5, 5.41) is 0. The lowest BCUT2D eigenvalue weighted by Gasteiger charge is -2.04. The summed E-state index contributed by atoms with van der Waals surface area (Å²) in [6, 6.07) is 0. The van der Waals surface area contributed by atoms with Crippen molar-refractivity contribution in [2.75, 3.05) is 0 Å². The third-order valence-corrected chi connectivity index (χ3v) is 1.55. The number of hydrogen-bond acceptors (Lipinski definition) is 2. The molecule has 2 radical (unpaired) electrons. The predicted molar refractivity (Wildman–Crippen MR) is 31.8 cm³/mol. The number of oxazole rings is 1. The molecule has 0 unspecified atom stereocenters. The normalized spacial score (nSPS) is 17.3. The summed E-state index contributed by atoms with van der Waals surface area (Å²) >= 11 is 0. The van der Waals surface area contributed by atoms with Crippen molar-refractivity contribution in [1.29, 1.82) is 0 Å². The van der Waals surface area contributed by atoms with Crippen LogP contribution in [0, 0.1) is 6.42 Å². The lowest BCUT2D eigenvalue weighted by Crippen LogP contribution is -2.00. The highest BCUT2D eigenvalue weighted by Gasteiger charge is 2.12. The zero-order valence-electron chi connectivity index (χ0n) is 5.05. The van der Waals surface area contributed by atoms with E-state index < -0.39 is 0 Å². The van der Waals surface area contributed by atoms with Crippen molar-refractivity contribution in [3.63, 3.8) is 0 Å². The van der Waals surface area contributed by atoms with Crippen LogP contribution in [0.4, 0.5) is 0 Å². The minimum absolute atomic E-state index is 0.843. The van der Waals surface area contributed by atoms with E-state index in [4.69, 9.17) is 4.42 Å². The third-order valence-electron chi connectivity index (χ3n) is 1.55. The molecule has 0 atom stereocenters. The SMILES string of the molecule is [C]1CCc2ncoc2C1. The van der Waals surface area contributed by atoms with E-state index in [1.165, 1.54) is 6.39 Å². The number of aromatic nitrogens is 1. The van der Waals surface area contributed by atoms with Gasteiger partial charge in [-0.05, 0) is 19.3 Å². The van der Waals surface area contributed by atoms with Gasteiger partial charge in [0.05, 0.1) is 5.69 Å². The zero-order valence-corrected chi connectivity index (χ0v) is 5.05. The molecule has 0 saturated carbocycles. The van der Waals surface area contributed by atoms with Crippen molar-refractivity contribution in [1.82, 2.24) is 4.98 Å². The summed E-state index contributed by atoms with van der Waals surface area (Å²) in [6.45, 7) is 0. The van der Waals surface area contributed by atoms with Gasteiger partial charge < -0.3 is 4.42 Å². The maximum atomic E-state index is 5.08. The molecule has 0 aliphatic heterocycles. The van der Waals surface area contributed by atoms with Gasteiger partial charge >= 0.3 is 0 Å². The molecule has 0 fully saturated rings. The first-order valence-corrected chi connectivity index (χ1v) is 3.09.